The molecule has 0 aromatic heterocycles. The standard InChI is InChI=1S/C18H19BrN2O3/c1-12(6-9-17(24)20-11-23)21(2)16-8-7-15(19)14-5-3-4-13(10-22)18(14)16/h3-5,7-8,10-12H,6,9H2,1-2H3,(H,20,23,24). The summed E-state index contributed by atoms with van der Waals surface area (Å²) in [6, 6.07) is 9.59. The van der Waals surface area contributed by atoms with Crippen LogP contribution in [0.15, 0.2) is 34.8 Å². The Labute approximate surface area is 149 Å². The van der Waals surface area contributed by atoms with E-state index < -0.39 is 0 Å². The van der Waals surface area contributed by atoms with E-state index in [-0.39, 0.29) is 18.4 Å². The first-order valence-corrected chi connectivity index (χ1v) is 8.41. The number of rotatable bonds is 7. The Kier molecular flexibility index (Phi) is 6.09. The van der Waals surface area contributed by atoms with Crippen LogP contribution in [0, 0.1) is 0 Å². The Balaban J connectivity index is 2.34. The average molecular weight is 391 g/mol. The molecule has 2 rings (SSSR count). The molecule has 2 amide bonds. The van der Waals surface area contributed by atoms with Crippen molar-refractivity contribution in [3.05, 3.63) is 40.4 Å². The Morgan fingerprint density at radius 2 is 2.04 bits per heavy atom. The topological polar surface area (TPSA) is 66.5 Å². The van der Waals surface area contributed by atoms with Crippen LogP contribution in [-0.2, 0) is 9.59 Å². The zero-order valence-electron chi connectivity index (χ0n) is 13.6. The molecule has 0 saturated carbocycles. The van der Waals surface area contributed by atoms with Gasteiger partial charge in [-0.1, -0.05) is 34.1 Å². The Hall–Kier alpha value is -2.21. The van der Waals surface area contributed by atoms with Crippen molar-refractivity contribution in [2.45, 2.75) is 25.8 Å². The maximum atomic E-state index is 11.5. The summed E-state index contributed by atoms with van der Waals surface area (Å²) in [7, 11) is 1.94. The van der Waals surface area contributed by atoms with E-state index in [1.165, 1.54) is 0 Å². The molecule has 0 saturated heterocycles. The Bertz CT molecular complexity index is 776. The first-order valence-electron chi connectivity index (χ1n) is 7.61. The Morgan fingerprint density at radius 3 is 2.71 bits per heavy atom. The van der Waals surface area contributed by atoms with Crippen LogP contribution in [0.3, 0.4) is 0 Å². The van der Waals surface area contributed by atoms with Crippen molar-refractivity contribution in [1.82, 2.24) is 5.32 Å². The van der Waals surface area contributed by atoms with Crippen molar-refractivity contribution in [3.63, 3.8) is 0 Å². The zero-order chi connectivity index (χ0) is 17.7. The third-order valence-electron chi connectivity index (χ3n) is 4.17. The number of nitrogens with one attached hydrogen (secondary N) is 1. The van der Waals surface area contributed by atoms with Gasteiger partial charge in [0.2, 0.25) is 12.3 Å². The quantitative estimate of drug-likeness (QED) is 0.736. The molecule has 1 unspecified atom stereocenters. The lowest BCUT2D eigenvalue weighted by atomic mass is 10.0. The maximum Gasteiger partial charge on any atom is 0.226 e. The summed E-state index contributed by atoms with van der Waals surface area (Å²) in [5.74, 6) is -0.292. The molecule has 0 spiro atoms. The number of benzene rings is 2. The predicted octanol–water partition coefficient (Wildman–Crippen LogP) is 3.29. The summed E-state index contributed by atoms with van der Waals surface area (Å²) in [4.78, 5) is 35.2. The minimum atomic E-state index is -0.292. The maximum absolute atomic E-state index is 11.5. The fourth-order valence-corrected chi connectivity index (χ4v) is 3.14. The highest BCUT2D eigenvalue weighted by Gasteiger charge is 2.17. The van der Waals surface area contributed by atoms with Gasteiger partial charge < -0.3 is 4.90 Å². The number of nitrogens with zero attached hydrogens (tertiary/aromatic N) is 1. The minimum absolute atomic E-state index is 0.0616. The number of imide groups is 1. The molecular formula is C18H19BrN2O3. The van der Waals surface area contributed by atoms with Gasteiger partial charge in [0, 0.05) is 40.6 Å². The van der Waals surface area contributed by atoms with Gasteiger partial charge in [0.05, 0.1) is 0 Å². The molecule has 1 atom stereocenters. The van der Waals surface area contributed by atoms with Gasteiger partial charge in [0.1, 0.15) is 0 Å². The predicted molar refractivity (Wildman–Crippen MR) is 98.3 cm³/mol. The highest BCUT2D eigenvalue weighted by atomic mass is 79.9. The minimum Gasteiger partial charge on any atom is -0.371 e. The summed E-state index contributed by atoms with van der Waals surface area (Å²) in [5.41, 5.74) is 1.56. The monoisotopic (exact) mass is 390 g/mol. The van der Waals surface area contributed by atoms with Crippen molar-refractivity contribution in [1.29, 1.82) is 0 Å². The van der Waals surface area contributed by atoms with E-state index in [9.17, 15) is 14.4 Å². The molecule has 1 N–H and O–H groups in total. The molecule has 2 aromatic carbocycles. The fourth-order valence-electron chi connectivity index (χ4n) is 2.68. The van der Waals surface area contributed by atoms with Crippen molar-refractivity contribution in [2.24, 2.45) is 0 Å². The molecular weight excluding hydrogens is 372 g/mol. The van der Waals surface area contributed by atoms with Crippen LogP contribution in [0.4, 0.5) is 5.69 Å². The van der Waals surface area contributed by atoms with E-state index in [0.29, 0.717) is 18.4 Å². The van der Waals surface area contributed by atoms with Crippen LogP contribution in [0.25, 0.3) is 10.8 Å². The number of hydrogen-bond donors (Lipinski definition) is 1. The van der Waals surface area contributed by atoms with Crippen molar-refractivity contribution in [2.75, 3.05) is 11.9 Å². The molecule has 6 heteroatoms. The number of amides is 2. The molecule has 0 aliphatic rings. The van der Waals surface area contributed by atoms with Crippen LogP contribution in [0.5, 0.6) is 0 Å². The van der Waals surface area contributed by atoms with Crippen LogP contribution in [0.2, 0.25) is 0 Å². The number of hydrogen-bond acceptors (Lipinski definition) is 4. The van der Waals surface area contributed by atoms with Gasteiger partial charge >= 0.3 is 0 Å². The van der Waals surface area contributed by atoms with E-state index in [1.807, 2.05) is 38.2 Å². The summed E-state index contributed by atoms with van der Waals surface area (Å²) < 4.78 is 0.927. The number of halogens is 1. The van der Waals surface area contributed by atoms with Gasteiger partial charge in [-0.05, 0) is 30.9 Å². The molecule has 0 fully saturated rings. The smallest absolute Gasteiger partial charge is 0.226 e. The van der Waals surface area contributed by atoms with Crippen LogP contribution in [0.1, 0.15) is 30.1 Å². The second-order valence-corrected chi connectivity index (χ2v) is 6.49. The zero-order valence-corrected chi connectivity index (χ0v) is 15.2. The normalized spacial score (nSPS) is 11.8. The number of fused-ring (bicyclic) bond motifs is 1. The third-order valence-corrected chi connectivity index (χ3v) is 4.87. The summed E-state index contributed by atoms with van der Waals surface area (Å²) in [6.07, 6.45) is 2.11. The van der Waals surface area contributed by atoms with Gasteiger partial charge in [0.15, 0.2) is 6.29 Å². The number of anilines is 1. The van der Waals surface area contributed by atoms with Gasteiger partial charge in [-0.2, -0.15) is 0 Å². The van der Waals surface area contributed by atoms with E-state index in [0.717, 1.165) is 27.2 Å². The summed E-state index contributed by atoms with van der Waals surface area (Å²) >= 11 is 3.53. The third kappa shape index (κ3) is 3.82. The highest BCUT2D eigenvalue weighted by molar-refractivity contribution is 9.10. The molecule has 0 bridgehead atoms. The first-order chi connectivity index (χ1) is 11.5. The van der Waals surface area contributed by atoms with E-state index in [2.05, 4.69) is 26.1 Å². The molecule has 126 valence electrons. The largest absolute Gasteiger partial charge is 0.371 e. The lowest BCUT2D eigenvalue weighted by Crippen LogP contribution is -2.31. The van der Waals surface area contributed by atoms with Crippen molar-refractivity contribution < 1.29 is 14.4 Å². The number of aldehydes is 1. The molecule has 0 radical (unpaired) electrons. The van der Waals surface area contributed by atoms with Crippen LogP contribution >= 0.6 is 15.9 Å². The van der Waals surface area contributed by atoms with E-state index in [4.69, 9.17) is 0 Å². The second-order valence-electron chi connectivity index (χ2n) is 5.64. The van der Waals surface area contributed by atoms with Crippen LogP contribution in [-0.4, -0.2) is 31.7 Å². The van der Waals surface area contributed by atoms with Crippen molar-refractivity contribution in [3.8, 4) is 0 Å². The fraction of sp³-hybridized carbons (Fsp3) is 0.278. The molecule has 0 heterocycles. The number of carbonyl (C=O) groups is 3. The molecule has 0 aliphatic carbocycles. The van der Waals surface area contributed by atoms with Crippen LogP contribution < -0.4 is 10.2 Å². The molecule has 0 aliphatic heterocycles. The highest BCUT2D eigenvalue weighted by Crippen LogP contribution is 2.35. The lowest BCUT2D eigenvalue weighted by Gasteiger charge is -2.29. The van der Waals surface area contributed by atoms with Gasteiger partial charge in [-0.15, -0.1) is 0 Å². The van der Waals surface area contributed by atoms with E-state index in [1.54, 1.807) is 6.07 Å². The Morgan fingerprint density at radius 1 is 1.29 bits per heavy atom. The SMILES string of the molecule is CC(CCC(=O)NC=O)N(C)c1ccc(Br)c2cccc(C=O)c12. The molecule has 5 nitrogen and oxygen atoms in total. The summed E-state index contributed by atoms with van der Waals surface area (Å²) in [5, 5.41) is 3.99. The van der Waals surface area contributed by atoms with Crippen molar-refractivity contribution >= 4 is 51.0 Å². The van der Waals surface area contributed by atoms with Gasteiger partial charge in [-0.3, -0.25) is 19.7 Å². The van der Waals surface area contributed by atoms with E-state index >= 15 is 0 Å². The number of carbonyl (C=O) groups excluding carboxylic acids is 3. The lowest BCUT2D eigenvalue weighted by molar-refractivity contribution is -0.125. The first kappa shape index (κ1) is 18.1. The van der Waals surface area contributed by atoms with Gasteiger partial charge in [0.25, 0.3) is 0 Å². The molecule has 24 heavy (non-hydrogen) atoms. The average Bonchev–Trinajstić information content (AvgIpc) is 2.59. The molecule has 2 aromatic rings. The second kappa shape index (κ2) is 8.06. The van der Waals surface area contributed by atoms with Gasteiger partial charge in [-0.25, -0.2) is 0 Å². The summed E-state index contributed by atoms with van der Waals surface area (Å²) in [6.45, 7) is 2.01.